The van der Waals surface area contributed by atoms with Gasteiger partial charge in [0.25, 0.3) is 0 Å². The van der Waals surface area contributed by atoms with E-state index in [0.29, 0.717) is 6.54 Å². The van der Waals surface area contributed by atoms with Crippen LogP contribution < -0.4 is 10.6 Å². The van der Waals surface area contributed by atoms with E-state index in [0.717, 1.165) is 29.5 Å². The van der Waals surface area contributed by atoms with Gasteiger partial charge in [0, 0.05) is 37.6 Å². The van der Waals surface area contributed by atoms with Gasteiger partial charge in [-0.1, -0.05) is 35.9 Å². The summed E-state index contributed by atoms with van der Waals surface area (Å²) in [4.78, 5) is 4.27. The van der Waals surface area contributed by atoms with Crippen LogP contribution in [0.3, 0.4) is 0 Å². The first kappa shape index (κ1) is 21.5. The number of rotatable bonds is 7. The molecule has 0 spiro atoms. The maximum Gasteiger partial charge on any atom is 0.191 e. The molecule has 2 rings (SSSR count). The van der Waals surface area contributed by atoms with Gasteiger partial charge in [0.05, 0.1) is 6.04 Å². The molecule has 0 saturated heterocycles. The molecular weight excluding hydrogens is 449 g/mol. The van der Waals surface area contributed by atoms with Gasteiger partial charge in [-0.25, -0.2) is 0 Å². The molecule has 0 saturated carbocycles. The Labute approximate surface area is 171 Å². The Morgan fingerprint density at radius 2 is 2.08 bits per heavy atom. The zero-order valence-electron chi connectivity index (χ0n) is 14.5. The van der Waals surface area contributed by atoms with E-state index in [2.05, 4.69) is 26.8 Å². The number of nitrogens with zero attached hydrogens (tertiary/aromatic N) is 3. The van der Waals surface area contributed by atoms with Crippen LogP contribution in [0.15, 0.2) is 59.9 Å². The molecule has 1 unspecified atom stereocenters. The molecule has 2 N–H and O–H groups in total. The highest BCUT2D eigenvalue weighted by molar-refractivity contribution is 14.0. The molecule has 0 fully saturated rings. The Kier molecular flexibility index (Phi) is 10.3. The number of allylic oxidation sites excluding steroid dienone is 1. The normalized spacial score (nSPS) is 12.7. The molecule has 25 heavy (non-hydrogen) atoms. The fourth-order valence-electron chi connectivity index (χ4n) is 2.37. The summed E-state index contributed by atoms with van der Waals surface area (Å²) in [5.41, 5.74) is 1.14. The predicted molar refractivity (Wildman–Crippen MR) is 116 cm³/mol. The maximum absolute atomic E-state index is 6.00. The molecule has 1 aromatic heterocycles. The lowest BCUT2D eigenvalue weighted by Crippen LogP contribution is -2.40. The van der Waals surface area contributed by atoms with Gasteiger partial charge in [0.15, 0.2) is 5.96 Å². The molecule has 5 nitrogen and oxygen atoms in total. The molecule has 0 radical (unpaired) electrons. The molecule has 1 aromatic carbocycles. The van der Waals surface area contributed by atoms with Crippen LogP contribution in [-0.2, 0) is 0 Å². The molecule has 0 bridgehead atoms. The second-order valence-electron chi connectivity index (χ2n) is 5.29. The van der Waals surface area contributed by atoms with E-state index < -0.39 is 0 Å². The third kappa shape index (κ3) is 7.07. The van der Waals surface area contributed by atoms with Crippen molar-refractivity contribution in [3.05, 3.63) is 65.5 Å². The van der Waals surface area contributed by atoms with Crippen molar-refractivity contribution in [2.75, 3.05) is 20.1 Å². The Hall–Kier alpha value is -1.54. The van der Waals surface area contributed by atoms with Crippen LogP contribution in [0.2, 0.25) is 5.02 Å². The predicted octanol–water partition coefficient (Wildman–Crippen LogP) is 3.88. The smallest absolute Gasteiger partial charge is 0.191 e. The minimum Gasteiger partial charge on any atom is -0.356 e. The summed E-state index contributed by atoms with van der Waals surface area (Å²) in [5.74, 6) is 0.783. The van der Waals surface area contributed by atoms with E-state index in [1.54, 1.807) is 13.2 Å². The van der Waals surface area contributed by atoms with Gasteiger partial charge in [-0.3, -0.25) is 9.67 Å². The standard InChI is InChI=1S/C18H24ClN5.HI/c1-3-4-5-11-21-18(20-2)22-14-17(24-13-6-12-23-24)15-7-9-16(19)10-8-15;/h3-4,6-10,12-13,17H,5,11,14H2,1-2H3,(H2,20,21,22);1H/b4-3+;. The minimum atomic E-state index is 0. The van der Waals surface area contributed by atoms with Crippen LogP contribution in [0, 0.1) is 0 Å². The van der Waals surface area contributed by atoms with Gasteiger partial charge >= 0.3 is 0 Å². The lowest BCUT2D eigenvalue weighted by molar-refractivity contribution is 0.511. The highest BCUT2D eigenvalue weighted by Gasteiger charge is 2.14. The van der Waals surface area contributed by atoms with Crippen LogP contribution in [-0.4, -0.2) is 35.9 Å². The van der Waals surface area contributed by atoms with E-state index in [-0.39, 0.29) is 30.0 Å². The van der Waals surface area contributed by atoms with E-state index in [9.17, 15) is 0 Å². The van der Waals surface area contributed by atoms with Gasteiger partial charge in [0.1, 0.15) is 0 Å². The van der Waals surface area contributed by atoms with Crippen molar-refractivity contribution < 1.29 is 0 Å². The Morgan fingerprint density at radius 1 is 1.32 bits per heavy atom. The van der Waals surface area contributed by atoms with Gasteiger partial charge in [0.2, 0.25) is 0 Å². The van der Waals surface area contributed by atoms with Crippen molar-refractivity contribution in [1.29, 1.82) is 0 Å². The Balaban J connectivity index is 0.00000312. The quantitative estimate of drug-likeness (QED) is 0.211. The second-order valence-corrected chi connectivity index (χ2v) is 5.73. The van der Waals surface area contributed by atoms with Crippen molar-refractivity contribution in [2.24, 2.45) is 4.99 Å². The average molecular weight is 474 g/mol. The van der Waals surface area contributed by atoms with Gasteiger partial charge in [-0.15, -0.1) is 24.0 Å². The number of nitrogens with one attached hydrogen (secondary N) is 2. The van der Waals surface area contributed by atoms with Crippen LogP contribution in [0.25, 0.3) is 0 Å². The molecule has 136 valence electrons. The first-order valence-electron chi connectivity index (χ1n) is 8.05. The maximum atomic E-state index is 6.00. The number of aliphatic imine (C=N–C) groups is 1. The summed E-state index contributed by atoms with van der Waals surface area (Å²) in [6.07, 6.45) is 8.89. The summed E-state index contributed by atoms with van der Waals surface area (Å²) < 4.78 is 1.93. The number of guanidine groups is 1. The minimum absolute atomic E-state index is 0. The highest BCUT2D eigenvalue weighted by Crippen LogP contribution is 2.19. The number of hydrogen-bond acceptors (Lipinski definition) is 2. The fourth-order valence-corrected chi connectivity index (χ4v) is 2.49. The second kappa shape index (κ2) is 11.9. The van der Waals surface area contributed by atoms with Crippen LogP contribution in [0.5, 0.6) is 0 Å². The largest absolute Gasteiger partial charge is 0.356 e. The molecule has 0 aliphatic rings. The summed E-state index contributed by atoms with van der Waals surface area (Å²) in [7, 11) is 1.77. The highest BCUT2D eigenvalue weighted by atomic mass is 127. The SMILES string of the molecule is C/C=C/CCNC(=NC)NCC(c1ccc(Cl)cc1)n1cccn1.I. The Morgan fingerprint density at radius 3 is 2.68 bits per heavy atom. The topological polar surface area (TPSA) is 54.2 Å². The van der Waals surface area contributed by atoms with E-state index in [1.807, 2.05) is 54.2 Å². The van der Waals surface area contributed by atoms with Crippen molar-refractivity contribution in [3.63, 3.8) is 0 Å². The molecular formula is C18H25ClIN5. The van der Waals surface area contributed by atoms with Crippen LogP contribution >= 0.6 is 35.6 Å². The molecule has 2 aromatic rings. The summed E-state index contributed by atoms with van der Waals surface area (Å²) in [6.45, 7) is 3.54. The van der Waals surface area contributed by atoms with Gasteiger partial charge in [-0.2, -0.15) is 5.10 Å². The first-order chi connectivity index (χ1) is 11.7. The number of aromatic nitrogens is 2. The van der Waals surface area contributed by atoms with E-state index in [4.69, 9.17) is 11.6 Å². The van der Waals surface area contributed by atoms with Gasteiger partial charge < -0.3 is 10.6 Å². The van der Waals surface area contributed by atoms with Crippen LogP contribution in [0.1, 0.15) is 24.9 Å². The van der Waals surface area contributed by atoms with Crippen molar-refractivity contribution in [1.82, 2.24) is 20.4 Å². The van der Waals surface area contributed by atoms with Gasteiger partial charge in [-0.05, 0) is 37.1 Å². The summed E-state index contributed by atoms with van der Waals surface area (Å²) in [6, 6.07) is 9.84. The lowest BCUT2D eigenvalue weighted by atomic mass is 10.1. The van der Waals surface area contributed by atoms with Crippen molar-refractivity contribution in [2.45, 2.75) is 19.4 Å². The number of halogens is 2. The molecule has 0 aliphatic heterocycles. The molecule has 1 heterocycles. The average Bonchev–Trinajstić information content (AvgIpc) is 3.13. The molecule has 0 amide bonds. The van der Waals surface area contributed by atoms with E-state index >= 15 is 0 Å². The van der Waals surface area contributed by atoms with Crippen molar-refractivity contribution >= 4 is 41.5 Å². The molecule has 7 heteroatoms. The van der Waals surface area contributed by atoms with Crippen LogP contribution in [0.4, 0.5) is 0 Å². The summed E-state index contributed by atoms with van der Waals surface area (Å²) >= 11 is 6.00. The third-order valence-corrected chi connectivity index (χ3v) is 3.88. The zero-order chi connectivity index (χ0) is 17.2. The third-order valence-electron chi connectivity index (χ3n) is 3.62. The monoisotopic (exact) mass is 473 g/mol. The first-order valence-corrected chi connectivity index (χ1v) is 8.42. The van der Waals surface area contributed by atoms with E-state index in [1.165, 1.54) is 0 Å². The number of benzene rings is 1. The van der Waals surface area contributed by atoms with Crippen molar-refractivity contribution in [3.8, 4) is 0 Å². The molecule has 0 aliphatic carbocycles. The zero-order valence-corrected chi connectivity index (χ0v) is 17.6. The fraction of sp³-hybridized carbons (Fsp3) is 0.333. The summed E-state index contributed by atoms with van der Waals surface area (Å²) in [5, 5.41) is 11.8. The lowest BCUT2D eigenvalue weighted by Gasteiger charge is -2.20. The molecule has 1 atom stereocenters. The number of hydrogen-bond donors (Lipinski definition) is 2. The Bertz CT molecular complexity index is 653.